The number of hydrogen-bond donors (Lipinski definition) is 1. The van der Waals surface area contributed by atoms with E-state index in [1.165, 1.54) is 6.92 Å². The molecule has 1 N–H and O–H groups in total. The van der Waals surface area contributed by atoms with Crippen molar-refractivity contribution in [3.63, 3.8) is 0 Å². The number of benzene rings is 1. The summed E-state index contributed by atoms with van der Waals surface area (Å²) in [5.74, 6) is 1.36. The summed E-state index contributed by atoms with van der Waals surface area (Å²) in [5.41, 5.74) is 1.72. The third kappa shape index (κ3) is 2.11. The van der Waals surface area contributed by atoms with Gasteiger partial charge in [-0.05, 0) is 44.8 Å². The van der Waals surface area contributed by atoms with E-state index in [4.69, 9.17) is 14.2 Å². The SMILES string of the molecule is COc1cc(Br)c2c3c1O[C@H]1[C@@H](OC(C)=O)CC[C@H]4[C@@H]([C@H]2O)N(C)CC[C@@]341. The van der Waals surface area contributed by atoms with Gasteiger partial charge in [0.05, 0.1) is 13.2 Å². The van der Waals surface area contributed by atoms with Crippen LogP contribution >= 0.6 is 15.9 Å². The molecule has 0 radical (unpaired) electrons. The van der Waals surface area contributed by atoms with Crippen molar-refractivity contribution < 1.29 is 24.1 Å². The number of halogens is 1. The van der Waals surface area contributed by atoms with Gasteiger partial charge in [-0.2, -0.15) is 0 Å². The van der Waals surface area contributed by atoms with E-state index in [1.54, 1.807) is 7.11 Å². The van der Waals surface area contributed by atoms with Crippen LogP contribution in [0, 0.1) is 5.92 Å². The van der Waals surface area contributed by atoms with Gasteiger partial charge in [-0.25, -0.2) is 0 Å². The van der Waals surface area contributed by atoms with Crippen LogP contribution in [0.2, 0.25) is 0 Å². The number of methoxy groups -OCH3 is 1. The molecule has 1 saturated heterocycles. The van der Waals surface area contributed by atoms with E-state index in [1.807, 2.05) is 6.07 Å². The predicted octanol–water partition coefficient (Wildman–Crippen LogP) is 2.55. The van der Waals surface area contributed by atoms with Crippen molar-refractivity contribution in [2.45, 2.75) is 56.0 Å². The summed E-state index contributed by atoms with van der Waals surface area (Å²) >= 11 is 3.66. The predicted molar refractivity (Wildman–Crippen MR) is 101 cm³/mol. The van der Waals surface area contributed by atoms with Crippen LogP contribution in [0.4, 0.5) is 0 Å². The number of aliphatic hydroxyl groups is 1. The number of rotatable bonds is 2. The van der Waals surface area contributed by atoms with Crippen LogP contribution in [0.15, 0.2) is 10.5 Å². The monoisotopic (exact) mass is 437 g/mol. The fraction of sp³-hybridized carbons (Fsp3) is 0.650. The molecule has 2 bridgehead atoms. The molecule has 2 heterocycles. The zero-order valence-electron chi connectivity index (χ0n) is 15.7. The van der Waals surface area contributed by atoms with Gasteiger partial charge in [0.1, 0.15) is 12.2 Å². The Bertz CT molecular complexity index is 829. The maximum Gasteiger partial charge on any atom is 0.303 e. The molecule has 1 spiro atoms. The van der Waals surface area contributed by atoms with E-state index in [2.05, 4.69) is 27.9 Å². The maximum absolute atomic E-state index is 11.7. The second kappa shape index (κ2) is 5.84. The summed E-state index contributed by atoms with van der Waals surface area (Å²) < 4.78 is 18.7. The lowest BCUT2D eigenvalue weighted by Gasteiger charge is -2.59. The molecule has 0 aromatic heterocycles. The Balaban J connectivity index is 1.77. The molecule has 0 unspecified atom stereocenters. The zero-order chi connectivity index (χ0) is 19.1. The molecule has 5 rings (SSSR count). The summed E-state index contributed by atoms with van der Waals surface area (Å²) in [5, 5.41) is 11.3. The summed E-state index contributed by atoms with van der Waals surface area (Å²) in [7, 11) is 3.72. The summed E-state index contributed by atoms with van der Waals surface area (Å²) in [4.78, 5) is 14.0. The maximum atomic E-state index is 11.7. The molecule has 2 fully saturated rings. The molecule has 0 amide bonds. The molecular formula is C20H24BrNO5. The van der Waals surface area contributed by atoms with E-state index in [0.29, 0.717) is 11.5 Å². The molecule has 4 aliphatic rings. The highest BCUT2D eigenvalue weighted by atomic mass is 79.9. The van der Waals surface area contributed by atoms with E-state index in [0.717, 1.165) is 41.4 Å². The number of likely N-dealkylation sites (N-methyl/N-ethyl adjacent to an activating group) is 1. The Kier molecular flexibility index (Phi) is 3.85. The molecule has 1 saturated carbocycles. The Morgan fingerprint density at radius 3 is 2.93 bits per heavy atom. The lowest BCUT2D eigenvalue weighted by Crippen LogP contribution is -2.67. The first kappa shape index (κ1) is 17.8. The van der Waals surface area contributed by atoms with Crippen molar-refractivity contribution in [2.24, 2.45) is 5.92 Å². The number of nitrogens with zero attached hydrogens (tertiary/aromatic N) is 1. The van der Waals surface area contributed by atoms with Gasteiger partial charge < -0.3 is 24.2 Å². The molecule has 7 heteroatoms. The van der Waals surface area contributed by atoms with E-state index in [9.17, 15) is 9.90 Å². The fourth-order valence-electron chi connectivity index (χ4n) is 6.29. The van der Waals surface area contributed by atoms with Gasteiger partial charge in [-0.15, -0.1) is 0 Å². The molecule has 2 aliphatic carbocycles. The number of ether oxygens (including phenoxy) is 3. The van der Waals surface area contributed by atoms with Crippen LogP contribution in [-0.4, -0.2) is 54.9 Å². The number of likely N-dealkylation sites (tertiary alicyclic amines) is 1. The van der Waals surface area contributed by atoms with Gasteiger partial charge in [0.2, 0.25) is 0 Å². The van der Waals surface area contributed by atoms with Crippen LogP contribution < -0.4 is 9.47 Å². The van der Waals surface area contributed by atoms with E-state index < -0.39 is 6.10 Å². The first-order valence-corrected chi connectivity index (χ1v) is 10.3. The highest BCUT2D eigenvalue weighted by Crippen LogP contribution is 2.66. The van der Waals surface area contributed by atoms with E-state index in [-0.39, 0.29) is 35.6 Å². The molecule has 27 heavy (non-hydrogen) atoms. The average molecular weight is 438 g/mol. The number of piperidine rings is 1. The number of carbonyl (C=O) groups is 1. The third-order valence-electron chi connectivity index (χ3n) is 7.17. The minimum absolute atomic E-state index is 0.0336. The van der Waals surface area contributed by atoms with Crippen LogP contribution in [-0.2, 0) is 14.9 Å². The molecule has 1 aromatic carbocycles. The lowest BCUT2D eigenvalue weighted by molar-refractivity contribution is -0.168. The zero-order valence-corrected chi connectivity index (χ0v) is 17.3. The second-order valence-electron chi connectivity index (χ2n) is 8.26. The Labute approximate surface area is 166 Å². The summed E-state index contributed by atoms with van der Waals surface area (Å²) in [6.45, 7) is 2.33. The average Bonchev–Trinajstić information content (AvgIpc) is 2.96. The first-order valence-electron chi connectivity index (χ1n) is 9.53. The van der Waals surface area contributed by atoms with Crippen molar-refractivity contribution in [3.05, 3.63) is 21.7 Å². The Hall–Kier alpha value is -1.31. The molecule has 6 atom stereocenters. The van der Waals surface area contributed by atoms with Gasteiger partial charge in [0.15, 0.2) is 11.5 Å². The third-order valence-corrected chi connectivity index (χ3v) is 7.83. The van der Waals surface area contributed by atoms with Crippen LogP contribution in [0.1, 0.15) is 43.4 Å². The lowest BCUT2D eigenvalue weighted by atomic mass is 9.51. The number of carbonyl (C=O) groups excluding carboxylic acids is 1. The normalized spacial score (nSPS) is 38.8. The van der Waals surface area contributed by atoms with E-state index >= 15 is 0 Å². The quantitative estimate of drug-likeness (QED) is 0.717. The molecular weight excluding hydrogens is 414 g/mol. The smallest absolute Gasteiger partial charge is 0.303 e. The van der Waals surface area contributed by atoms with Crippen LogP contribution in [0.25, 0.3) is 0 Å². The topological polar surface area (TPSA) is 68.2 Å². The largest absolute Gasteiger partial charge is 0.493 e. The van der Waals surface area contributed by atoms with Crippen molar-refractivity contribution >= 4 is 21.9 Å². The standard InChI is InChI=1S/C20H24BrNO5/c1-9(23)26-12-5-4-10-16-17(24)14-11(21)8-13(25-3)18-15(14)20(10,19(12)27-18)6-7-22(16)2/h8,10,12,16-17,19,24H,4-7H2,1-3H3/t10-,12-,16-,17-,19-,20-/m0/s1. The Morgan fingerprint density at radius 2 is 2.22 bits per heavy atom. The number of aliphatic hydroxyl groups excluding tert-OH is 1. The Morgan fingerprint density at radius 1 is 1.44 bits per heavy atom. The number of esters is 1. The van der Waals surface area contributed by atoms with Crippen molar-refractivity contribution in [2.75, 3.05) is 20.7 Å². The molecule has 2 aliphatic heterocycles. The summed E-state index contributed by atoms with van der Waals surface area (Å²) in [6.07, 6.45) is 1.47. The van der Waals surface area contributed by atoms with Gasteiger partial charge in [0.25, 0.3) is 0 Å². The molecule has 146 valence electrons. The van der Waals surface area contributed by atoms with Gasteiger partial charge in [-0.3, -0.25) is 4.79 Å². The van der Waals surface area contributed by atoms with Gasteiger partial charge >= 0.3 is 5.97 Å². The second-order valence-corrected chi connectivity index (χ2v) is 9.11. The first-order chi connectivity index (χ1) is 12.9. The number of hydrogen-bond acceptors (Lipinski definition) is 6. The minimum atomic E-state index is -0.588. The van der Waals surface area contributed by atoms with Gasteiger partial charge in [0, 0.05) is 34.0 Å². The van der Waals surface area contributed by atoms with Crippen LogP contribution in [0.5, 0.6) is 11.5 Å². The van der Waals surface area contributed by atoms with Crippen molar-refractivity contribution in [1.29, 1.82) is 0 Å². The summed E-state index contributed by atoms with van der Waals surface area (Å²) in [6, 6.07) is 1.91. The molecule has 1 aromatic rings. The van der Waals surface area contributed by atoms with Gasteiger partial charge in [-0.1, -0.05) is 15.9 Å². The minimum Gasteiger partial charge on any atom is -0.493 e. The van der Waals surface area contributed by atoms with Crippen LogP contribution in [0.3, 0.4) is 0 Å². The fourth-order valence-corrected chi connectivity index (χ4v) is 6.93. The highest BCUT2D eigenvalue weighted by molar-refractivity contribution is 9.10. The highest BCUT2D eigenvalue weighted by Gasteiger charge is 2.68. The van der Waals surface area contributed by atoms with Crippen molar-refractivity contribution in [1.82, 2.24) is 4.90 Å². The molecule has 6 nitrogen and oxygen atoms in total. The van der Waals surface area contributed by atoms with Crippen molar-refractivity contribution in [3.8, 4) is 11.5 Å².